The van der Waals surface area contributed by atoms with Gasteiger partial charge in [0.05, 0.1) is 0 Å². The van der Waals surface area contributed by atoms with E-state index in [4.69, 9.17) is 10.5 Å². The van der Waals surface area contributed by atoms with Gasteiger partial charge in [0.2, 0.25) is 0 Å². The maximum atomic E-state index is 6.45. The number of nitrogens with two attached hydrogens (primary N) is 1. The largest absolute Gasteiger partial charge is 0.489 e. The second kappa shape index (κ2) is 5.07. The third kappa shape index (κ3) is 2.14. The Bertz CT molecular complexity index is 479. The lowest BCUT2D eigenvalue weighted by molar-refractivity contribution is -0.0903. The van der Waals surface area contributed by atoms with Crippen molar-refractivity contribution in [2.24, 2.45) is 11.1 Å². The predicted octanol–water partition coefficient (Wildman–Crippen LogP) is 4.04. The second-order valence-electron chi connectivity index (χ2n) is 6.97. The molecule has 0 bridgehead atoms. The van der Waals surface area contributed by atoms with E-state index >= 15 is 0 Å². The summed E-state index contributed by atoms with van der Waals surface area (Å²) in [7, 11) is 0. The Morgan fingerprint density at radius 3 is 2.20 bits per heavy atom. The lowest BCUT2D eigenvalue weighted by Crippen LogP contribution is -2.64. The van der Waals surface area contributed by atoms with Gasteiger partial charge in [-0.2, -0.15) is 0 Å². The molecule has 110 valence electrons. The molecule has 20 heavy (non-hydrogen) atoms. The Morgan fingerprint density at radius 2 is 1.65 bits per heavy atom. The molecule has 2 heteroatoms. The summed E-state index contributed by atoms with van der Waals surface area (Å²) in [5, 5.41) is 0. The van der Waals surface area contributed by atoms with Crippen molar-refractivity contribution in [3.05, 3.63) is 28.8 Å². The van der Waals surface area contributed by atoms with Gasteiger partial charge in [-0.25, -0.2) is 0 Å². The summed E-state index contributed by atoms with van der Waals surface area (Å²) >= 11 is 0. The number of rotatable bonds is 2. The van der Waals surface area contributed by atoms with Gasteiger partial charge in [0.1, 0.15) is 11.9 Å². The maximum Gasteiger partial charge on any atom is 0.125 e. The van der Waals surface area contributed by atoms with Crippen LogP contribution in [0.3, 0.4) is 0 Å². The summed E-state index contributed by atoms with van der Waals surface area (Å²) in [5.41, 5.74) is 10.4. The molecule has 2 saturated carbocycles. The molecule has 0 amide bonds. The van der Waals surface area contributed by atoms with Crippen LogP contribution in [0.2, 0.25) is 0 Å². The summed E-state index contributed by atoms with van der Waals surface area (Å²) in [6, 6.07) is 4.78. The van der Waals surface area contributed by atoms with Crippen molar-refractivity contribution in [1.29, 1.82) is 0 Å². The minimum absolute atomic E-state index is 0.266. The summed E-state index contributed by atoms with van der Waals surface area (Å²) < 4.78 is 6.45. The van der Waals surface area contributed by atoms with E-state index in [1.165, 1.54) is 48.8 Å². The van der Waals surface area contributed by atoms with Crippen LogP contribution in [0.4, 0.5) is 0 Å². The Kier molecular flexibility index (Phi) is 3.53. The van der Waals surface area contributed by atoms with Crippen LogP contribution in [0.25, 0.3) is 0 Å². The monoisotopic (exact) mass is 273 g/mol. The minimum Gasteiger partial charge on any atom is -0.489 e. The van der Waals surface area contributed by atoms with E-state index < -0.39 is 0 Å². The smallest absolute Gasteiger partial charge is 0.125 e. The molecule has 0 radical (unpaired) electrons. The molecule has 0 heterocycles. The number of ether oxygens (including phenoxy) is 1. The molecular formula is C18H27NO. The molecule has 2 aliphatic rings. The standard InChI is InChI=1S/C18H27NO/c1-12-9-13(2)17(14(3)10-12)20-16-11-15(19)18(16)7-5-4-6-8-18/h9-10,15-16H,4-8,11,19H2,1-3H3. The first kappa shape index (κ1) is 13.9. The fourth-order valence-electron chi connectivity index (χ4n) is 4.34. The lowest BCUT2D eigenvalue weighted by Gasteiger charge is -2.56. The molecule has 2 N–H and O–H groups in total. The van der Waals surface area contributed by atoms with Gasteiger partial charge in [-0.1, -0.05) is 37.0 Å². The summed E-state index contributed by atoms with van der Waals surface area (Å²) in [4.78, 5) is 0. The third-order valence-electron chi connectivity index (χ3n) is 5.50. The van der Waals surface area contributed by atoms with Crippen molar-refractivity contribution in [2.75, 3.05) is 0 Å². The number of aryl methyl sites for hydroxylation is 3. The molecule has 1 aromatic rings. The maximum absolute atomic E-state index is 6.45. The van der Waals surface area contributed by atoms with Crippen LogP contribution in [0, 0.1) is 26.2 Å². The van der Waals surface area contributed by atoms with Gasteiger partial charge < -0.3 is 10.5 Å². The molecule has 0 aliphatic heterocycles. The average molecular weight is 273 g/mol. The molecule has 2 fully saturated rings. The van der Waals surface area contributed by atoms with Gasteiger partial charge in [0.15, 0.2) is 0 Å². The molecule has 1 spiro atoms. The Hall–Kier alpha value is -1.02. The van der Waals surface area contributed by atoms with Gasteiger partial charge in [-0.15, -0.1) is 0 Å². The van der Waals surface area contributed by atoms with Crippen LogP contribution in [-0.4, -0.2) is 12.1 Å². The van der Waals surface area contributed by atoms with E-state index in [0.29, 0.717) is 12.1 Å². The van der Waals surface area contributed by atoms with Gasteiger partial charge in [0, 0.05) is 17.9 Å². The molecule has 0 aromatic heterocycles. The van der Waals surface area contributed by atoms with Crippen molar-refractivity contribution in [2.45, 2.75) is 71.4 Å². The van der Waals surface area contributed by atoms with Crippen LogP contribution in [0.5, 0.6) is 5.75 Å². The average Bonchev–Trinajstić information content (AvgIpc) is 2.42. The highest BCUT2D eigenvalue weighted by Gasteiger charge is 2.55. The van der Waals surface area contributed by atoms with Crippen molar-refractivity contribution in [3.63, 3.8) is 0 Å². The Morgan fingerprint density at radius 1 is 1.05 bits per heavy atom. The first-order valence-electron chi connectivity index (χ1n) is 8.03. The number of hydrogen-bond acceptors (Lipinski definition) is 2. The van der Waals surface area contributed by atoms with Crippen LogP contribution < -0.4 is 10.5 Å². The zero-order chi connectivity index (χ0) is 14.3. The Labute approximate surface area is 122 Å². The van der Waals surface area contributed by atoms with Crippen molar-refractivity contribution in [3.8, 4) is 5.75 Å². The molecule has 2 nitrogen and oxygen atoms in total. The lowest BCUT2D eigenvalue weighted by atomic mass is 9.55. The summed E-state index contributed by atoms with van der Waals surface area (Å²) in [5.74, 6) is 1.09. The van der Waals surface area contributed by atoms with Crippen molar-refractivity contribution >= 4 is 0 Å². The summed E-state index contributed by atoms with van der Waals surface area (Å²) in [6.45, 7) is 6.45. The van der Waals surface area contributed by atoms with Gasteiger partial charge in [0.25, 0.3) is 0 Å². The zero-order valence-corrected chi connectivity index (χ0v) is 13.0. The predicted molar refractivity (Wildman–Crippen MR) is 83.2 cm³/mol. The molecule has 2 atom stereocenters. The zero-order valence-electron chi connectivity index (χ0n) is 13.0. The molecule has 0 saturated heterocycles. The van der Waals surface area contributed by atoms with E-state index in [1.807, 2.05) is 0 Å². The first-order valence-corrected chi connectivity index (χ1v) is 8.03. The molecule has 2 aliphatic carbocycles. The van der Waals surface area contributed by atoms with E-state index in [2.05, 4.69) is 32.9 Å². The highest BCUT2D eigenvalue weighted by Crippen LogP contribution is 2.52. The summed E-state index contributed by atoms with van der Waals surface area (Å²) in [6.07, 6.45) is 7.86. The van der Waals surface area contributed by atoms with Gasteiger partial charge in [-0.3, -0.25) is 0 Å². The molecule has 2 unspecified atom stereocenters. The number of benzene rings is 1. The number of hydrogen-bond donors (Lipinski definition) is 1. The molecule has 3 rings (SSSR count). The van der Waals surface area contributed by atoms with Crippen LogP contribution in [0.1, 0.15) is 55.2 Å². The van der Waals surface area contributed by atoms with Gasteiger partial charge >= 0.3 is 0 Å². The van der Waals surface area contributed by atoms with Gasteiger partial charge in [-0.05, 0) is 44.7 Å². The fraction of sp³-hybridized carbons (Fsp3) is 0.667. The SMILES string of the molecule is Cc1cc(C)c(OC2CC(N)C23CCCCC3)c(C)c1. The van der Waals surface area contributed by atoms with E-state index in [9.17, 15) is 0 Å². The van der Waals surface area contributed by atoms with Crippen molar-refractivity contribution in [1.82, 2.24) is 0 Å². The molecular weight excluding hydrogens is 246 g/mol. The fourth-order valence-corrected chi connectivity index (χ4v) is 4.34. The highest BCUT2D eigenvalue weighted by molar-refractivity contribution is 5.43. The first-order chi connectivity index (χ1) is 9.53. The van der Waals surface area contributed by atoms with Crippen molar-refractivity contribution < 1.29 is 4.74 Å². The van der Waals surface area contributed by atoms with E-state index in [-0.39, 0.29) is 5.41 Å². The van der Waals surface area contributed by atoms with Crippen LogP contribution in [0.15, 0.2) is 12.1 Å². The highest BCUT2D eigenvalue weighted by atomic mass is 16.5. The van der Waals surface area contributed by atoms with Crippen LogP contribution >= 0.6 is 0 Å². The normalized spacial score (nSPS) is 28.2. The minimum atomic E-state index is 0.266. The quantitative estimate of drug-likeness (QED) is 0.882. The van der Waals surface area contributed by atoms with Crippen LogP contribution in [-0.2, 0) is 0 Å². The topological polar surface area (TPSA) is 35.2 Å². The van der Waals surface area contributed by atoms with E-state index in [1.54, 1.807) is 0 Å². The third-order valence-corrected chi connectivity index (χ3v) is 5.50. The molecule has 1 aromatic carbocycles. The van der Waals surface area contributed by atoms with E-state index in [0.717, 1.165) is 12.2 Å². The Balaban J connectivity index is 1.82. The second-order valence-corrected chi connectivity index (χ2v) is 6.97.